The molecule has 78 valence electrons. The van der Waals surface area contributed by atoms with Crippen molar-refractivity contribution in [2.24, 2.45) is 0 Å². The Hall–Kier alpha value is -1.09. The molecule has 0 spiro atoms. The summed E-state index contributed by atoms with van der Waals surface area (Å²) in [6.07, 6.45) is 0. The largest absolute Gasteiger partial charge is 0.375 e. The third-order valence-electron chi connectivity index (χ3n) is 2.08. The molecule has 0 aliphatic carbocycles. The van der Waals surface area contributed by atoms with E-state index < -0.39 is 0 Å². The van der Waals surface area contributed by atoms with Crippen LogP contribution in [0.4, 0.5) is 10.1 Å². The summed E-state index contributed by atoms with van der Waals surface area (Å²) in [4.78, 5) is 1.81. The summed E-state index contributed by atoms with van der Waals surface area (Å²) in [5, 5.41) is 3.19. The third kappa shape index (κ3) is 2.45. The van der Waals surface area contributed by atoms with Crippen molar-refractivity contribution in [3.05, 3.63) is 29.6 Å². The van der Waals surface area contributed by atoms with Crippen LogP contribution in [0.3, 0.4) is 0 Å². The maximum Gasteiger partial charge on any atom is 0.146 e. The summed E-state index contributed by atoms with van der Waals surface area (Å²) in [6.45, 7) is 3.64. The number of anilines is 1. The van der Waals surface area contributed by atoms with Gasteiger partial charge in [0.25, 0.3) is 0 Å². The molecule has 0 amide bonds. The van der Waals surface area contributed by atoms with Crippen molar-refractivity contribution >= 4 is 5.69 Å². The predicted molar refractivity (Wildman–Crippen MR) is 58.1 cm³/mol. The fraction of sp³-hybridized carbons (Fsp3) is 0.455. The highest BCUT2D eigenvalue weighted by molar-refractivity contribution is 5.53. The quantitative estimate of drug-likeness (QED) is 0.792. The summed E-state index contributed by atoms with van der Waals surface area (Å²) in [5.41, 5.74) is 1.67. The molecule has 1 aromatic carbocycles. The molecule has 1 N–H and O–H groups in total. The van der Waals surface area contributed by atoms with Gasteiger partial charge in [-0.1, -0.05) is 19.1 Å². The van der Waals surface area contributed by atoms with E-state index in [1.54, 1.807) is 6.07 Å². The van der Waals surface area contributed by atoms with Crippen molar-refractivity contribution in [1.82, 2.24) is 5.32 Å². The van der Waals surface area contributed by atoms with E-state index in [1.807, 2.05) is 32.0 Å². The summed E-state index contributed by atoms with van der Waals surface area (Å²) in [5.74, 6) is -0.162. The van der Waals surface area contributed by atoms with E-state index in [-0.39, 0.29) is 5.82 Å². The number of benzene rings is 1. The number of nitrogens with one attached hydrogen (secondary N) is 1. The van der Waals surface area contributed by atoms with Gasteiger partial charge >= 0.3 is 0 Å². The number of nitrogens with zero attached hydrogens (tertiary/aromatic N) is 1. The minimum atomic E-state index is -0.162. The number of halogens is 1. The normalized spacial score (nSPS) is 10.3. The van der Waals surface area contributed by atoms with E-state index in [4.69, 9.17) is 0 Å². The highest BCUT2D eigenvalue weighted by Crippen LogP contribution is 2.22. The fourth-order valence-electron chi connectivity index (χ4n) is 1.46. The molecule has 14 heavy (non-hydrogen) atoms. The van der Waals surface area contributed by atoms with Crippen LogP contribution in [0.15, 0.2) is 18.2 Å². The van der Waals surface area contributed by atoms with Crippen molar-refractivity contribution in [1.29, 1.82) is 0 Å². The minimum absolute atomic E-state index is 0.162. The lowest BCUT2D eigenvalue weighted by Gasteiger charge is -2.18. The van der Waals surface area contributed by atoms with Gasteiger partial charge < -0.3 is 10.2 Å². The first kappa shape index (κ1) is 11.0. The molecule has 0 unspecified atom stereocenters. The van der Waals surface area contributed by atoms with Gasteiger partial charge in [0.1, 0.15) is 5.82 Å². The third-order valence-corrected chi connectivity index (χ3v) is 2.08. The zero-order chi connectivity index (χ0) is 10.6. The second-order valence-corrected chi connectivity index (χ2v) is 3.42. The van der Waals surface area contributed by atoms with E-state index >= 15 is 0 Å². The van der Waals surface area contributed by atoms with Crippen LogP contribution in [0.1, 0.15) is 12.5 Å². The first-order valence-corrected chi connectivity index (χ1v) is 4.82. The Labute approximate surface area is 84.7 Å². The number of hydrogen-bond donors (Lipinski definition) is 1. The van der Waals surface area contributed by atoms with Crippen molar-refractivity contribution in [3.63, 3.8) is 0 Å². The molecule has 0 fully saturated rings. The lowest BCUT2D eigenvalue weighted by Crippen LogP contribution is -2.18. The Bertz CT molecular complexity index is 297. The minimum Gasteiger partial charge on any atom is -0.375 e. The van der Waals surface area contributed by atoms with Crippen molar-refractivity contribution in [2.75, 3.05) is 25.5 Å². The van der Waals surface area contributed by atoms with Gasteiger partial charge in [-0.25, -0.2) is 4.39 Å². The summed E-state index contributed by atoms with van der Waals surface area (Å²) in [7, 11) is 3.71. The van der Waals surface area contributed by atoms with Crippen LogP contribution in [0, 0.1) is 5.82 Å². The lowest BCUT2D eigenvalue weighted by atomic mass is 10.1. The molecule has 0 heterocycles. The Kier molecular flexibility index (Phi) is 3.89. The maximum atomic E-state index is 13.5. The van der Waals surface area contributed by atoms with E-state index in [1.165, 1.54) is 6.07 Å². The highest BCUT2D eigenvalue weighted by Gasteiger charge is 2.08. The first-order chi connectivity index (χ1) is 6.66. The van der Waals surface area contributed by atoms with Gasteiger partial charge in [0.15, 0.2) is 0 Å². The topological polar surface area (TPSA) is 15.3 Å². The number of rotatable bonds is 4. The highest BCUT2D eigenvalue weighted by atomic mass is 19.1. The van der Waals surface area contributed by atoms with Crippen molar-refractivity contribution in [2.45, 2.75) is 13.5 Å². The molecule has 0 radical (unpaired) electrons. The van der Waals surface area contributed by atoms with Crippen LogP contribution in [0.25, 0.3) is 0 Å². The molecule has 3 heteroatoms. The molecular formula is C11H17FN2. The van der Waals surface area contributed by atoms with Gasteiger partial charge in [0, 0.05) is 20.6 Å². The molecule has 0 bridgehead atoms. The standard InChI is InChI=1S/C11H17FN2/c1-4-13-8-9-6-5-7-10(12)11(9)14(2)3/h5-7,13H,4,8H2,1-3H3. The van der Waals surface area contributed by atoms with Gasteiger partial charge in [0.05, 0.1) is 5.69 Å². The van der Waals surface area contributed by atoms with Crippen LogP contribution >= 0.6 is 0 Å². The van der Waals surface area contributed by atoms with Gasteiger partial charge in [-0.15, -0.1) is 0 Å². The Balaban J connectivity index is 2.96. The molecule has 1 aromatic rings. The molecule has 0 aliphatic heterocycles. The Morgan fingerprint density at radius 1 is 1.36 bits per heavy atom. The van der Waals surface area contributed by atoms with Gasteiger partial charge in [-0.05, 0) is 18.2 Å². The molecule has 0 saturated carbocycles. The molecule has 0 saturated heterocycles. The Morgan fingerprint density at radius 3 is 2.64 bits per heavy atom. The molecule has 0 aliphatic rings. The second kappa shape index (κ2) is 4.96. The van der Waals surface area contributed by atoms with Gasteiger partial charge in [-0.3, -0.25) is 0 Å². The SMILES string of the molecule is CCNCc1cccc(F)c1N(C)C. The second-order valence-electron chi connectivity index (χ2n) is 3.42. The first-order valence-electron chi connectivity index (χ1n) is 4.82. The van der Waals surface area contributed by atoms with Crippen LogP contribution in [0.2, 0.25) is 0 Å². The lowest BCUT2D eigenvalue weighted by molar-refractivity contribution is 0.620. The Morgan fingerprint density at radius 2 is 2.07 bits per heavy atom. The van der Waals surface area contributed by atoms with E-state index in [0.717, 1.165) is 12.1 Å². The molecule has 1 rings (SSSR count). The van der Waals surface area contributed by atoms with Gasteiger partial charge in [-0.2, -0.15) is 0 Å². The van der Waals surface area contributed by atoms with Gasteiger partial charge in [0.2, 0.25) is 0 Å². The summed E-state index contributed by atoms with van der Waals surface area (Å²) >= 11 is 0. The summed E-state index contributed by atoms with van der Waals surface area (Å²) in [6, 6.07) is 5.18. The van der Waals surface area contributed by atoms with E-state index in [9.17, 15) is 4.39 Å². The monoisotopic (exact) mass is 196 g/mol. The maximum absolute atomic E-state index is 13.5. The zero-order valence-corrected chi connectivity index (χ0v) is 8.97. The predicted octanol–water partition coefficient (Wildman–Crippen LogP) is 2.00. The molecular weight excluding hydrogens is 179 g/mol. The van der Waals surface area contributed by atoms with Crippen LogP contribution in [-0.4, -0.2) is 20.6 Å². The number of hydrogen-bond acceptors (Lipinski definition) is 2. The molecule has 0 aromatic heterocycles. The summed E-state index contributed by atoms with van der Waals surface area (Å²) < 4.78 is 13.5. The van der Waals surface area contributed by atoms with Crippen LogP contribution in [-0.2, 0) is 6.54 Å². The zero-order valence-electron chi connectivity index (χ0n) is 8.97. The number of para-hydroxylation sites is 1. The average Bonchev–Trinajstić information content (AvgIpc) is 2.14. The fourth-order valence-corrected chi connectivity index (χ4v) is 1.46. The van der Waals surface area contributed by atoms with E-state index in [2.05, 4.69) is 5.32 Å². The van der Waals surface area contributed by atoms with Crippen LogP contribution in [0.5, 0.6) is 0 Å². The molecule has 2 nitrogen and oxygen atoms in total. The van der Waals surface area contributed by atoms with Crippen molar-refractivity contribution < 1.29 is 4.39 Å². The van der Waals surface area contributed by atoms with Crippen LogP contribution < -0.4 is 10.2 Å². The smallest absolute Gasteiger partial charge is 0.146 e. The average molecular weight is 196 g/mol. The van der Waals surface area contributed by atoms with Crippen molar-refractivity contribution in [3.8, 4) is 0 Å². The molecule has 0 atom stereocenters. The van der Waals surface area contributed by atoms with E-state index in [0.29, 0.717) is 12.2 Å².